The Labute approximate surface area is 334 Å². The quantitative estimate of drug-likeness (QED) is 0.170. The predicted octanol–water partition coefficient (Wildman–Crippen LogP) is 14.9. The van der Waals surface area contributed by atoms with Crippen molar-refractivity contribution >= 4 is 82.6 Å². The highest BCUT2D eigenvalue weighted by Gasteiger charge is 2.24. The molecule has 12 rings (SSSR count). The van der Waals surface area contributed by atoms with E-state index in [0.717, 1.165) is 83.3 Å². The van der Waals surface area contributed by atoms with Crippen molar-refractivity contribution in [2.45, 2.75) is 0 Å². The van der Waals surface area contributed by atoms with Gasteiger partial charge in [-0.25, -0.2) is 0 Å². The molecule has 0 aliphatic carbocycles. The average molecular weight is 742 g/mol. The van der Waals surface area contributed by atoms with Crippen molar-refractivity contribution in [3.8, 4) is 22.5 Å². The monoisotopic (exact) mass is 741 g/mol. The summed E-state index contributed by atoms with van der Waals surface area (Å²) >= 11 is 0. The van der Waals surface area contributed by atoms with E-state index < -0.39 is 0 Å². The lowest BCUT2D eigenvalue weighted by Gasteiger charge is -2.25. The molecule has 0 fully saturated rings. The fraction of sp³-hybridized carbons (Fsp3) is 0. The lowest BCUT2D eigenvalue weighted by atomic mass is 9.97. The maximum atomic E-state index is 6.82. The number of aromatic nitrogens is 2. The topological polar surface area (TPSA) is 26.2 Å². The minimum atomic E-state index is 0.889. The van der Waals surface area contributed by atoms with E-state index in [2.05, 4.69) is 226 Å². The number of benzene rings is 9. The Morgan fingerprint density at radius 2 is 0.897 bits per heavy atom. The summed E-state index contributed by atoms with van der Waals surface area (Å²) in [6, 6.07) is 76.0. The van der Waals surface area contributed by atoms with Gasteiger partial charge in [0.25, 0.3) is 0 Å². The molecule has 4 heteroatoms. The van der Waals surface area contributed by atoms with Gasteiger partial charge in [0.15, 0.2) is 0 Å². The molecule has 58 heavy (non-hydrogen) atoms. The highest BCUT2D eigenvalue weighted by atomic mass is 16.3. The molecule has 0 saturated heterocycles. The molecule has 0 unspecified atom stereocenters. The van der Waals surface area contributed by atoms with Gasteiger partial charge in [-0.3, -0.25) is 0 Å². The number of nitrogens with zero attached hydrogens (tertiary/aromatic N) is 3. The molecule has 0 saturated carbocycles. The Kier molecular flexibility index (Phi) is 7.20. The van der Waals surface area contributed by atoms with Crippen LogP contribution in [0.5, 0.6) is 0 Å². The number of hydrogen-bond donors (Lipinski definition) is 0. The van der Waals surface area contributed by atoms with Crippen molar-refractivity contribution in [1.29, 1.82) is 0 Å². The largest absolute Gasteiger partial charge is 0.455 e. The van der Waals surface area contributed by atoms with Crippen LogP contribution >= 0.6 is 0 Å². The first-order chi connectivity index (χ1) is 28.8. The predicted molar refractivity (Wildman–Crippen MR) is 243 cm³/mol. The number of rotatable bonds is 6. The molecule has 0 bridgehead atoms. The van der Waals surface area contributed by atoms with Crippen LogP contribution in [0.3, 0.4) is 0 Å². The van der Waals surface area contributed by atoms with Crippen molar-refractivity contribution in [2.75, 3.05) is 4.90 Å². The molecule has 0 amide bonds. The summed E-state index contributed by atoms with van der Waals surface area (Å²) in [7, 11) is 0. The van der Waals surface area contributed by atoms with E-state index in [1.165, 1.54) is 21.8 Å². The molecule has 0 atom stereocenters. The van der Waals surface area contributed by atoms with Crippen LogP contribution in [0.2, 0.25) is 0 Å². The Balaban J connectivity index is 1.14. The fourth-order valence-electron chi connectivity index (χ4n) is 9.17. The van der Waals surface area contributed by atoms with Crippen molar-refractivity contribution in [1.82, 2.24) is 9.13 Å². The van der Waals surface area contributed by atoms with Gasteiger partial charge in [-0.2, -0.15) is 0 Å². The average Bonchev–Trinajstić information content (AvgIpc) is 3.95. The van der Waals surface area contributed by atoms with Crippen molar-refractivity contribution in [2.24, 2.45) is 0 Å². The van der Waals surface area contributed by atoms with E-state index in [0.29, 0.717) is 0 Å². The number of anilines is 3. The molecular weight excluding hydrogens is 707 g/mol. The van der Waals surface area contributed by atoms with E-state index in [-0.39, 0.29) is 0 Å². The number of para-hydroxylation sites is 6. The zero-order valence-corrected chi connectivity index (χ0v) is 31.5. The first-order valence-corrected chi connectivity index (χ1v) is 19.8. The molecule has 0 aliphatic rings. The Morgan fingerprint density at radius 3 is 1.60 bits per heavy atom. The minimum Gasteiger partial charge on any atom is -0.455 e. The minimum absolute atomic E-state index is 0.889. The highest BCUT2D eigenvalue weighted by Crippen LogP contribution is 2.47. The van der Waals surface area contributed by atoms with Crippen LogP contribution in [-0.2, 0) is 0 Å². The Bertz CT molecular complexity index is 3450. The smallest absolute Gasteiger partial charge is 0.145 e. The summed E-state index contributed by atoms with van der Waals surface area (Å²) in [6.45, 7) is 0. The summed E-state index contributed by atoms with van der Waals surface area (Å²) in [4.78, 5) is 2.31. The number of fused-ring (bicyclic) bond motifs is 10. The molecule has 3 heterocycles. The standard InChI is InChI=1S/C54H35N3O/c1-4-16-37(17-5-1)55(38-18-6-2-7-19-38)40-29-31-41(32-30-40)57-49-26-14-11-24-44(49)52-53(57)45(35-47-43-23-12-15-27-51(43)58-54(47)52)36-28-33-50-46(34-36)42-22-10-13-25-48(42)56(50)39-20-8-3-9-21-39/h1-35H. The molecule has 272 valence electrons. The summed E-state index contributed by atoms with van der Waals surface area (Å²) < 4.78 is 11.6. The van der Waals surface area contributed by atoms with Gasteiger partial charge >= 0.3 is 0 Å². The lowest BCUT2D eigenvalue weighted by Crippen LogP contribution is -2.09. The van der Waals surface area contributed by atoms with Crippen LogP contribution in [0.4, 0.5) is 17.1 Å². The number of furan rings is 1. The Hall–Kier alpha value is -7.82. The molecule has 3 aromatic heterocycles. The van der Waals surface area contributed by atoms with E-state index in [1.807, 2.05) is 0 Å². The first kappa shape index (κ1) is 32.4. The van der Waals surface area contributed by atoms with Crippen LogP contribution < -0.4 is 4.90 Å². The first-order valence-electron chi connectivity index (χ1n) is 19.8. The molecule has 12 aromatic rings. The molecule has 0 spiro atoms. The van der Waals surface area contributed by atoms with E-state index in [9.17, 15) is 0 Å². The summed E-state index contributed by atoms with van der Waals surface area (Å²) in [5, 5.41) is 6.95. The zero-order chi connectivity index (χ0) is 38.2. The second-order valence-electron chi connectivity index (χ2n) is 14.9. The van der Waals surface area contributed by atoms with Gasteiger partial charge in [-0.1, -0.05) is 115 Å². The van der Waals surface area contributed by atoms with Gasteiger partial charge in [0.1, 0.15) is 11.2 Å². The molecule has 0 N–H and O–H groups in total. The van der Waals surface area contributed by atoms with Gasteiger partial charge < -0.3 is 18.5 Å². The van der Waals surface area contributed by atoms with Gasteiger partial charge in [-0.05, 0) is 103 Å². The van der Waals surface area contributed by atoms with E-state index >= 15 is 0 Å². The zero-order valence-electron chi connectivity index (χ0n) is 31.5. The third-order valence-electron chi connectivity index (χ3n) is 11.7. The fourth-order valence-corrected chi connectivity index (χ4v) is 9.17. The van der Waals surface area contributed by atoms with E-state index in [1.54, 1.807) is 0 Å². The van der Waals surface area contributed by atoms with Crippen LogP contribution in [0.25, 0.3) is 88.1 Å². The summed E-state index contributed by atoms with van der Waals surface area (Å²) in [6.07, 6.45) is 0. The van der Waals surface area contributed by atoms with Crippen molar-refractivity contribution < 1.29 is 4.42 Å². The molecule has 9 aromatic carbocycles. The van der Waals surface area contributed by atoms with E-state index in [4.69, 9.17) is 4.42 Å². The summed E-state index contributed by atoms with van der Waals surface area (Å²) in [5.41, 5.74) is 14.3. The normalized spacial score (nSPS) is 11.8. The lowest BCUT2D eigenvalue weighted by molar-refractivity contribution is 0.673. The maximum Gasteiger partial charge on any atom is 0.145 e. The third kappa shape index (κ3) is 4.88. The van der Waals surface area contributed by atoms with Gasteiger partial charge in [0.05, 0.1) is 27.5 Å². The third-order valence-corrected chi connectivity index (χ3v) is 11.7. The van der Waals surface area contributed by atoms with Gasteiger partial charge in [-0.15, -0.1) is 0 Å². The van der Waals surface area contributed by atoms with Crippen LogP contribution in [0.1, 0.15) is 0 Å². The molecular formula is C54H35N3O. The van der Waals surface area contributed by atoms with Crippen LogP contribution in [0, 0.1) is 0 Å². The second-order valence-corrected chi connectivity index (χ2v) is 14.9. The maximum absolute atomic E-state index is 6.82. The van der Waals surface area contributed by atoms with Crippen LogP contribution in [0.15, 0.2) is 217 Å². The van der Waals surface area contributed by atoms with Crippen molar-refractivity contribution in [3.63, 3.8) is 0 Å². The number of hydrogen-bond acceptors (Lipinski definition) is 2. The molecule has 0 radical (unpaired) electrons. The SMILES string of the molecule is c1ccc(N(c2ccccc2)c2ccc(-n3c4ccccc4c4c5oc6ccccc6c5cc(-c5ccc6c(c5)c5ccccc5n6-c5ccccc5)c43)cc2)cc1. The van der Waals surface area contributed by atoms with Gasteiger partial charge in [0, 0.05) is 60.9 Å². The summed E-state index contributed by atoms with van der Waals surface area (Å²) in [5.74, 6) is 0. The highest BCUT2D eigenvalue weighted by molar-refractivity contribution is 6.27. The second kappa shape index (κ2) is 12.9. The van der Waals surface area contributed by atoms with Crippen molar-refractivity contribution in [3.05, 3.63) is 212 Å². The Morgan fingerprint density at radius 1 is 0.362 bits per heavy atom. The van der Waals surface area contributed by atoms with Crippen LogP contribution in [-0.4, -0.2) is 9.13 Å². The molecule has 4 nitrogen and oxygen atoms in total. The van der Waals surface area contributed by atoms with Gasteiger partial charge in [0.2, 0.25) is 0 Å². The molecule has 0 aliphatic heterocycles.